The van der Waals surface area contributed by atoms with Gasteiger partial charge in [-0.1, -0.05) is 6.08 Å². The number of amides is 1. The molecule has 0 bridgehead atoms. The van der Waals surface area contributed by atoms with Gasteiger partial charge in [0.05, 0.1) is 13.2 Å². The number of aliphatic hydroxyl groups excluding tert-OH is 2. The maximum atomic E-state index is 12.3. The molecule has 32 heavy (non-hydrogen) atoms. The van der Waals surface area contributed by atoms with Gasteiger partial charge in [-0.3, -0.25) is 4.79 Å². The molecule has 8 nitrogen and oxygen atoms in total. The predicted octanol–water partition coefficient (Wildman–Crippen LogP) is 2.59. The number of pyridine rings is 1. The van der Waals surface area contributed by atoms with Crippen molar-refractivity contribution >= 4 is 23.1 Å². The Morgan fingerprint density at radius 2 is 1.94 bits per heavy atom. The normalized spacial score (nSPS) is 14.3. The second-order valence-electron chi connectivity index (χ2n) is 6.99. The summed E-state index contributed by atoms with van der Waals surface area (Å²) in [6.07, 6.45) is -0.747. The van der Waals surface area contributed by atoms with Crippen LogP contribution in [0.2, 0.25) is 0 Å². The summed E-state index contributed by atoms with van der Waals surface area (Å²) in [7, 11) is 0. The van der Waals surface area contributed by atoms with Crippen molar-refractivity contribution in [2.45, 2.75) is 13.0 Å². The fraction of sp³-hybridized carbons (Fsp3) is 0.286. The van der Waals surface area contributed by atoms with Crippen molar-refractivity contribution in [3.05, 3.63) is 59.8 Å². The molecule has 0 spiro atoms. The van der Waals surface area contributed by atoms with Gasteiger partial charge < -0.3 is 30.6 Å². The molecule has 0 unspecified atom stereocenters. The SMILES string of the molecule is N=C(c1c(CO)ccnc1Nc1ccc(OC(F)(F)F)cc1)C1CN(C(=O)/C=C/CO)C1. The number of likely N-dealkylation sites (tertiary alicyclic amines) is 1. The molecule has 11 heteroatoms. The number of carbonyl (C=O) groups is 1. The first-order valence-corrected chi connectivity index (χ1v) is 9.58. The van der Waals surface area contributed by atoms with Crippen LogP contribution in [0.3, 0.4) is 0 Å². The summed E-state index contributed by atoms with van der Waals surface area (Å²) in [5.41, 5.74) is 1.41. The summed E-state index contributed by atoms with van der Waals surface area (Å²) in [6.45, 7) is 0.0147. The van der Waals surface area contributed by atoms with Gasteiger partial charge in [0.2, 0.25) is 5.91 Å². The van der Waals surface area contributed by atoms with Gasteiger partial charge in [-0.05, 0) is 35.9 Å². The van der Waals surface area contributed by atoms with E-state index in [1.54, 1.807) is 6.07 Å². The lowest BCUT2D eigenvalue weighted by Gasteiger charge is -2.39. The molecule has 4 N–H and O–H groups in total. The van der Waals surface area contributed by atoms with Crippen LogP contribution in [0.5, 0.6) is 5.75 Å². The fourth-order valence-electron chi connectivity index (χ4n) is 3.21. The van der Waals surface area contributed by atoms with E-state index < -0.39 is 6.36 Å². The monoisotopic (exact) mass is 450 g/mol. The number of ether oxygens (including phenoxy) is 1. The molecule has 2 heterocycles. The summed E-state index contributed by atoms with van der Waals surface area (Å²) >= 11 is 0. The standard InChI is InChI=1S/C21H21F3N4O4/c22-21(23,24)32-16-5-3-15(4-6-16)27-20-18(13(12-30)7-8-26-20)19(25)14-10-28(11-14)17(31)2-1-9-29/h1-8,14,25,29-30H,9-12H2,(H,26,27)/b2-1+,25-19?. The van der Waals surface area contributed by atoms with Crippen LogP contribution in [0, 0.1) is 11.3 Å². The second kappa shape index (κ2) is 9.79. The van der Waals surface area contributed by atoms with E-state index in [9.17, 15) is 23.1 Å². The van der Waals surface area contributed by atoms with Gasteiger partial charge in [0.25, 0.3) is 0 Å². The Balaban J connectivity index is 1.76. The number of nitrogens with one attached hydrogen (secondary N) is 2. The van der Waals surface area contributed by atoms with Crippen LogP contribution in [0.1, 0.15) is 11.1 Å². The molecule has 1 aromatic heterocycles. The van der Waals surface area contributed by atoms with Crippen molar-refractivity contribution in [3.8, 4) is 5.75 Å². The van der Waals surface area contributed by atoms with E-state index in [2.05, 4.69) is 15.0 Å². The number of hydrogen-bond donors (Lipinski definition) is 4. The number of alkyl halides is 3. The number of halogens is 3. The number of aromatic nitrogens is 1. The van der Waals surface area contributed by atoms with E-state index in [-0.39, 0.29) is 42.3 Å². The quantitative estimate of drug-likeness (QED) is 0.363. The fourth-order valence-corrected chi connectivity index (χ4v) is 3.21. The number of aliphatic hydroxyl groups is 2. The highest BCUT2D eigenvalue weighted by Crippen LogP contribution is 2.30. The Hall–Kier alpha value is -3.44. The van der Waals surface area contributed by atoms with Gasteiger partial charge in [0, 0.05) is 48.2 Å². The molecule has 1 fully saturated rings. The predicted molar refractivity (Wildman–Crippen MR) is 110 cm³/mol. The van der Waals surface area contributed by atoms with Crippen molar-refractivity contribution in [1.29, 1.82) is 5.41 Å². The zero-order valence-corrected chi connectivity index (χ0v) is 16.8. The van der Waals surface area contributed by atoms with Gasteiger partial charge in [-0.15, -0.1) is 13.2 Å². The molecular weight excluding hydrogens is 429 g/mol. The Morgan fingerprint density at radius 1 is 1.25 bits per heavy atom. The molecule has 0 atom stereocenters. The summed E-state index contributed by atoms with van der Waals surface area (Å²) < 4.78 is 40.8. The molecule has 3 rings (SSSR count). The number of anilines is 2. The van der Waals surface area contributed by atoms with Crippen molar-refractivity contribution in [2.75, 3.05) is 25.0 Å². The van der Waals surface area contributed by atoms with E-state index in [0.717, 1.165) is 12.1 Å². The summed E-state index contributed by atoms with van der Waals surface area (Å²) in [4.78, 5) is 17.7. The van der Waals surface area contributed by atoms with Crippen LogP contribution in [0.15, 0.2) is 48.7 Å². The topological polar surface area (TPSA) is 119 Å². The van der Waals surface area contributed by atoms with E-state index in [0.29, 0.717) is 29.9 Å². The first-order chi connectivity index (χ1) is 15.2. The molecule has 2 aromatic rings. The second-order valence-corrected chi connectivity index (χ2v) is 6.99. The zero-order valence-electron chi connectivity index (χ0n) is 16.8. The van der Waals surface area contributed by atoms with Crippen LogP contribution in [-0.2, 0) is 11.4 Å². The van der Waals surface area contributed by atoms with E-state index in [4.69, 9.17) is 10.5 Å². The van der Waals surface area contributed by atoms with Gasteiger partial charge in [0.1, 0.15) is 11.6 Å². The van der Waals surface area contributed by atoms with Crippen molar-refractivity contribution < 1.29 is 32.9 Å². The third-order valence-corrected chi connectivity index (χ3v) is 4.79. The first kappa shape index (κ1) is 23.2. The number of nitrogens with zero attached hydrogens (tertiary/aromatic N) is 2. The zero-order chi connectivity index (χ0) is 23.3. The van der Waals surface area contributed by atoms with E-state index in [1.807, 2.05) is 0 Å². The number of benzene rings is 1. The number of carbonyl (C=O) groups excluding carboxylic acids is 1. The summed E-state index contributed by atoms with van der Waals surface area (Å²) in [5.74, 6) is -0.658. The molecule has 1 aliphatic heterocycles. The number of rotatable bonds is 8. The molecule has 1 aromatic carbocycles. The highest BCUT2D eigenvalue weighted by molar-refractivity contribution is 6.07. The minimum atomic E-state index is -4.79. The third-order valence-electron chi connectivity index (χ3n) is 4.79. The van der Waals surface area contributed by atoms with Crippen molar-refractivity contribution in [3.63, 3.8) is 0 Å². The van der Waals surface area contributed by atoms with Gasteiger partial charge in [-0.2, -0.15) is 0 Å². The Morgan fingerprint density at radius 3 is 2.53 bits per heavy atom. The van der Waals surface area contributed by atoms with Gasteiger partial charge in [-0.25, -0.2) is 4.98 Å². The van der Waals surface area contributed by atoms with E-state index >= 15 is 0 Å². The molecule has 1 amide bonds. The Bertz CT molecular complexity index is 1000. The van der Waals surface area contributed by atoms with Crippen LogP contribution in [0.25, 0.3) is 0 Å². The lowest BCUT2D eigenvalue weighted by atomic mass is 9.88. The lowest BCUT2D eigenvalue weighted by Crippen LogP contribution is -2.52. The van der Waals surface area contributed by atoms with Crippen LogP contribution < -0.4 is 10.1 Å². The van der Waals surface area contributed by atoms with E-state index in [1.165, 1.54) is 35.4 Å². The maximum Gasteiger partial charge on any atom is 0.573 e. The van der Waals surface area contributed by atoms with Gasteiger partial charge in [0.15, 0.2) is 0 Å². The highest BCUT2D eigenvalue weighted by Gasteiger charge is 2.35. The Kier molecular flexibility index (Phi) is 7.11. The van der Waals surface area contributed by atoms with Crippen LogP contribution in [-0.4, -0.2) is 57.8 Å². The summed E-state index contributed by atoms with van der Waals surface area (Å²) in [5, 5.41) is 30.1. The lowest BCUT2D eigenvalue weighted by molar-refractivity contribution is -0.274. The molecular formula is C21H21F3N4O4. The smallest absolute Gasteiger partial charge is 0.406 e. The average molecular weight is 450 g/mol. The Labute approximate surface area is 181 Å². The maximum absolute atomic E-state index is 12.3. The average Bonchev–Trinajstić information content (AvgIpc) is 2.71. The van der Waals surface area contributed by atoms with Gasteiger partial charge >= 0.3 is 6.36 Å². The summed E-state index contributed by atoms with van der Waals surface area (Å²) in [6, 6.07) is 6.61. The largest absolute Gasteiger partial charge is 0.573 e. The third kappa shape index (κ3) is 5.62. The molecule has 1 aliphatic rings. The minimum absolute atomic E-state index is 0.178. The van der Waals surface area contributed by atoms with Crippen molar-refractivity contribution in [2.24, 2.45) is 5.92 Å². The highest BCUT2D eigenvalue weighted by atomic mass is 19.4. The molecule has 170 valence electrons. The van der Waals surface area contributed by atoms with Crippen LogP contribution >= 0.6 is 0 Å². The minimum Gasteiger partial charge on any atom is -0.406 e. The molecule has 0 radical (unpaired) electrons. The molecule has 0 saturated carbocycles. The molecule has 1 saturated heterocycles. The first-order valence-electron chi connectivity index (χ1n) is 9.58. The van der Waals surface area contributed by atoms with Crippen molar-refractivity contribution in [1.82, 2.24) is 9.88 Å². The van der Waals surface area contributed by atoms with Crippen LogP contribution in [0.4, 0.5) is 24.7 Å². The number of hydrogen-bond acceptors (Lipinski definition) is 7. The molecule has 0 aliphatic carbocycles.